The Morgan fingerprint density at radius 3 is 2.56 bits per heavy atom. The van der Waals surface area contributed by atoms with Crippen LogP contribution in [-0.2, 0) is 0 Å². The van der Waals surface area contributed by atoms with Gasteiger partial charge in [0.15, 0.2) is 0 Å². The molecule has 16 heavy (non-hydrogen) atoms. The first-order chi connectivity index (χ1) is 7.81. The van der Waals surface area contributed by atoms with E-state index in [1.165, 1.54) is 24.8 Å². The Morgan fingerprint density at radius 2 is 2.00 bits per heavy atom. The van der Waals surface area contributed by atoms with Crippen LogP contribution in [0, 0.1) is 5.92 Å². The van der Waals surface area contributed by atoms with E-state index in [9.17, 15) is 0 Å². The van der Waals surface area contributed by atoms with Gasteiger partial charge in [-0.05, 0) is 42.7 Å². The Labute approximate surface area is 98.7 Å². The average molecular weight is 212 g/mol. The van der Waals surface area contributed by atoms with Crippen LogP contribution < -0.4 is 0 Å². The Morgan fingerprint density at radius 1 is 1.31 bits per heavy atom. The highest BCUT2D eigenvalue weighted by Gasteiger charge is 2.19. The Bertz CT molecular complexity index is 378. The zero-order valence-electron chi connectivity index (χ0n) is 10.1. The Hall–Kier alpha value is -1.30. The monoisotopic (exact) mass is 212 g/mol. The smallest absolute Gasteiger partial charge is 0.0225 e. The lowest BCUT2D eigenvalue weighted by Crippen LogP contribution is -1.95. The predicted octanol–water partition coefficient (Wildman–Crippen LogP) is 4.84. The van der Waals surface area contributed by atoms with Gasteiger partial charge in [-0.1, -0.05) is 48.9 Å². The molecule has 0 heteroatoms. The molecule has 0 nitrogen and oxygen atoms in total. The van der Waals surface area contributed by atoms with Gasteiger partial charge in [0, 0.05) is 0 Å². The molecule has 0 spiro atoms. The summed E-state index contributed by atoms with van der Waals surface area (Å²) in [5.41, 5.74) is 4.68. The topological polar surface area (TPSA) is 0 Å². The van der Waals surface area contributed by atoms with Gasteiger partial charge >= 0.3 is 0 Å². The first-order valence-corrected chi connectivity index (χ1v) is 6.18. The van der Waals surface area contributed by atoms with Crippen LogP contribution in [0.25, 0.3) is 5.57 Å². The summed E-state index contributed by atoms with van der Waals surface area (Å²) in [5.74, 6) is 0.709. The number of benzene rings is 1. The van der Waals surface area contributed by atoms with Crippen LogP contribution in [0.15, 0.2) is 48.6 Å². The molecule has 1 aliphatic rings. The third-order valence-corrected chi connectivity index (χ3v) is 3.17. The van der Waals surface area contributed by atoms with Gasteiger partial charge in [-0.3, -0.25) is 0 Å². The molecule has 0 N–H and O–H groups in total. The van der Waals surface area contributed by atoms with Crippen molar-refractivity contribution in [3.8, 4) is 0 Å². The van der Waals surface area contributed by atoms with Crippen molar-refractivity contribution >= 4 is 5.57 Å². The van der Waals surface area contributed by atoms with E-state index in [1.54, 1.807) is 11.1 Å². The van der Waals surface area contributed by atoms with Crippen LogP contribution in [0.5, 0.6) is 0 Å². The van der Waals surface area contributed by atoms with E-state index < -0.39 is 0 Å². The zero-order valence-corrected chi connectivity index (χ0v) is 10.1. The molecule has 84 valence electrons. The first-order valence-electron chi connectivity index (χ1n) is 6.18. The van der Waals surface area contributed by atoms with E-state index >= 15 is 0 Å². The third-order valence-electron chi connectivity index (χ3n) is 3.17. The summed E-state index contributed by atoms with van der Waals surface area (Å²) >= 11 is 0. The molecule has 0 bridgehead atoms. The molecule has 0 aliphatic heterocycles. The fourth-order valence-electron chi connectivity index (χ4n) is 2.19. The predicted molar refractivity (Wildman–Crippen MR) is 71.2 cm³/mol. The van der Waals surface area contributed by atoms with Crippen molar-refractivity contribution in [2.75, 3.05) is 0 Å². The Kier molecular flexibility index (Phi) is 3.61. The normalized spacial score (nSPS) is 15.7. The molecule has 2 rings (SSSR count). The summed E-state index contributed by atoms with van der Waals surface area (Å²) in [5, 5.41) is 0. The minimum Gasteiger partial charge on any atom is -0.103 e. The molecule has 0 saturated heterocycles. The third kappa shape index (κ3) is 2.85. The molecule has 1 aromatic rings. The maximum absolute atomic E-state index is 3.83. The van der Waals surface area contributed by atoms with Crippen molar-refractivity contribution in [1.29, 1.82) is 0 Å². The maximum Gasteiger partial charge on any atom is -0.0225 e. The summed E-state index contributed by atoms with van der Waals surface area (Å²) in [4.78, 5) is 0. The number of allylic oxidation sites excluding steroid dienone is 3. The molecule has 0 aromatic heterocycles. The SMILES string of the molecule is C=CCC(C)CC(=C1CC1)c1ccccc1. The second-order valence-electron chi connectivity index (χ2n) is 4.78. The lowest BCUT2D eigenvalue weighted by atomic mass is 9.92. The molecule has 1 aromatic carbocycles. The Balaban J connectivity index is 2.14. The van der Waals surface area contributed by atoms with Crippen molar-refractivity contribution in [2.24, 2.45) is 5.92 Å². The van der Waals surface area contributed by atoms with Gasteiger partial charge in [-0.2, -0.15) is 0 Å². The van der Waals surface area contributed by atoms with Crippen molar-refractivity contribution in [1.82, 2.24) is 0 Å². The second-order valence-corrected chi connectivity index (χ2v) is 4.78. The standard InChI is InChI=1S/C16H20/c1-3-7-13(2)12-16(15-10-11-15)14-8-5-4-6-9-14/h3-6,8-9,13H,1,7,10-12H2,2H3. The van der Waals surface area contributed by atoms with E-state index in [4.69, 9.17) is 0 Å². The van der Waals surface area contributed by atoms with Crippen LogP contribution >= 0.6 is 0 Å². The highest BCUT2D eigenvalue weighted by Crippen LogP contribution is 2.39. The van der Waals surface area contributed by atoms with Crippen LogP contribution in [-0.4, -0.2) is 0 Å². The highest BCUT2D eigenvalue weighted by atomic mass is 14.2. The average Bonchev–Trinajstić information content (AvgIpc) is 3.11. The maximum atomic E-state index is 3.83. The van der Waals surface area contributed by atoms with E-state index in [0.717, 1.165) is 6.42 Å². The summed E-state index contributed by atoms with van der Waals surface area (Å²) in [7, 11) is 0. The van der Waals surface area contributed by atoms with Gasteiger partial charge in [0.05, 0.1) is 0 Å². The van der Waals surface area contributed by atoms with Crippen molar-refractivity contribution < 1.29 is 0 Å². The van der Waals surface area contributed by atoms with Crippen molar-refractivity contribution in [2.45, 2.75) is 32.6 Å². The van der Waals surface area contributed by atoms with Gasteiger partial charge in [-0.25, -0.2) is 0 Å². The van der Waals surface area contributed by atoms with E-state index in [-0.39, 0.29) is 0 Å². The molecule has 1 aliphatic carbocycles. The summed E-state index contributed by atoms with van der Waals surface area (Å²) in [6.07, 6.45) is 6.97. The molecule has 0 amide bonds. The lowest BCUT2D eigenvalue weighted by molar-refractivity contribution is 0.611. The number of hydrogen-bond donors (Lipinski definition) is 0. The largest absolute Gasteiger partial charge is 0.103 e. The quantitative estimate of drug-likeness (QED) is 0.613. The number of hydrogen-bond acceptors (Lipinski definition) is 0. The van der Waals surface area contributed by atoms with E-state index in [1.807, 2.05) is 6.08 Å². The zero-order chi connectivity index (χ0) is 11.4. The van der Waals surface area contributed by atoms with Gasteiger partial charge in [0.1, 0.15) is 0 Å². The van der Waals surface area contributed by atoms with Gasteiger partial charge < -0.3 is 0 Å². The van der Waals surface area contributed by atoms with Gasteiger partial charge in [0.2, 0.25) is 0 Å². The molecular weight excluding hydrogens is 192 g/mol. The van der Waals surface area contributed by atoms with Crippen LogP contribution in [0.1, 0.15) is 38.2 Å². The van der Waals surface area contributed by atoms with Gasteiger partial charge in [0.25, 0.3) is 0 Å². The highest BCUT2D eigenvalue weighted by molar-refractivity contribution is 5.71. The summed E-state index contributed by atoms with van der Waals surface area (Å²) < 4.78 is 0. The van der Waals surface area contributed by atoms with Crippen LogP contribution in [0.3, 0.4) is 0 Å². The summed E-state index contributed by atoms with van der Waals surface area (Å²) in [6.45, 7) is 6.14. The van der Waals surface area contributed by atoms with E-state index in [2.05, 4.69) is 43.8 Å². The van der Waals surface area contributed by atoms with Crippen molar-refractivity contribution in [3.05, 3.63) is 54.1 Å². The molecule has 1 fully saturated rings. The fraction of sp³-hybridized carbons (Fsp3) is 0.375. The minimum atomic E-state index is 0.709. The van der Waals surface area contributed by atoms with E-state index in [0.29, 0.717) is 5.92 Å². The molecule has 1 atom stereocenters. The van der Waals surface area contributed by atoms with Gasteiger partial charge in [-0.15, -0.1) is 6.58 Å². The van der Waals surface area contributed by atoms with Crippen LogP contribution in [0.4, 0.5) is 0 Å². The fourth-order valence-corrected chi connectivity index (χ4v) is 2.19. The molecule has 0 radical (unpaired) electrons. The second kappa shape index (κ2) is 5.16. The molecule has 1 saturated carbocycles. The molecule has 0 heterocycles. The van der Waals surface area contributed by atoms with Crippen molar-refractivity contribution in [3.63, 3.8) is 0 Å². The first kappa shape index (κ1) is 11.2. The summed E-state index contributed by atoms with van der Waals surface area (Å²) in [6, 6.07) is 10.8. The molecular formula is C16H20. The van der Waals surface area contributed by atoms with Crippen LogP contribution in [0.2, 0.25) is 0 Å². The lowest BCUT2D eigenvalue weighted by Gasteiger charge is -2.13. The molecule has 1 unspecified atom stereocenters. The number of rotatable bonds is 5. The minimum absolute atomic E-state index is 0.709.